The van der Waals surface area contributed by atoms with Crippen LogP contribution in [0.1, 0.15) is 23.2 Å². The van der Waals surface area contributed by atoms with E-state index in [-0.39, 0.29) is 5.78 Å². The van der Waals surface area contributed by atoms with Gasteiger partial charge in [0.2, 0.25) is 0 Å². The van der Waals surface area contributed by atoms with Crippen molar-refractivity contribution in [3.05, 3.63) is 66.4 Å². The van der Waals surface area contributed by atoms with Crippen molar-refractivity contribution in [2.45, 2.75) is 12.8 Å². The molecule has 5 heteroatoms. The van der Waals surface area contributed by atoms with Crippen LogP contribution in [0.15, 0.2) is 60.9 Å². The molecule has 0 bridgehead atoms. The highest BCUT2D eigenvalue weighted by molar-refractivity contribution is 5.96. The maximum absolute atomic E-state index is 12.6. The average molecular weight is 378 g/mol. The summed E-state index contributed by atoms with van der Waals surface area (Å²) in [5.41, 5.74) is 1.98. The first-order valence-corrected chi connectivity index (χ1v) is 9.94. The van der Waals surface area contributed by atoms with Gasteiger partial charge in [0.1, 0.15) is 6.61 Å². The van der Waals surface area contributed by atoms with Gasteiger partial charge in [-0.15, -0.1) is 0 Å². The van der Waals surface area contributed by atoms with Crippen molar-refractivity contribution >= 4 is 11.5 Å². The molecule has 28 heavy (non-hydrogen) atoms. The molecule has 2 aliphatic rings. The largest absolute Gasteiger partial charge is 0.485 e. The molecule has 0 aliphatic carbocycles. The van der Waals surface area contributed by atoms with E-state index in [9.17, 15) is 4.79 Å². The molecule has 0 saturated carbocycles. The predicted molar refractivity (Wildman–Crippen MR) is 110 cm³/mol. The lowest BCUT2D eigenvalue weighted by Crippen LogP contribution is -2.46. The van der Waals surface area contributed by atoms with Crippen molar-refractivity contribution in [3.8, 4) is 11.5 Å². The fourth-order valence-corrected chi connectivity index (χ4v) is 3.67. The average Bonchev–Trinajstić information content (AvgIpc) is 2.99. The van der Waals surface area contributed by atoms with Gasteiger partial charge in [-0.3, -0.25) is 9.69 Å². The number of carbonyl (C=O) groups excluding carboxylic acids is 1. The lowest BCUT2D eigenvalue weighted by atomic mass is 10.1. The second-order valence-electron chi connectivity index (χ2n) is 7.15. The lowest BCUT2D eigenvalue weighted by molar-refractivity contribution is 0.0974. The van der Waals surface area contributed by atoms with Crippen LogP contribution >= 0.6 is 0 Å². The minimum Gasteiger partial charge on any atom is -0.485 e. The van der Waals surface area contributed by atoms with Crippen molar-refractivity contribution < 1.29 is 14.3 Å². The molecular weight excluding hydrogens is 352 g/mol. The van der Waals surface area contributed by atoms with Crippen molar-refractivity contribution in [1.82, 2.24) is 4.90 Å². The highest BCUT2D eigenvalue weighted by Crippen LogP contribution is 2.30. The monoisotopic (exact) mass is 378 g/mol. The Morgan fingerprint density at radius 1 is 0.964 bits per heavy atom. The summed E-state index contributed by atoms with van der Waals surface area (Å²) in [4.78, 5) is 17.4. The molecule has 0 unspecified atom stereocenters. The molecule has 146 valence electrons. The number of nitrogens with zero attached hydrogens (tertiary/aromatic N) is 2. The van der Waals surface area contributed by atoms with Crippen molar-refractivity contribution in [2.24, 2.45) is 0 Å². The van der Waals surface area contributed by atoms with Gasteiger partial charge in [-0.2, -0.15) is 0 Å². The van der Waals surface area contributed by atoms with E-state index in [1.54, 1.807) is 18.4 Å². The van der Waals surface area contributed by atoms with Crippen LogP contribution in [-0.4, -0.2) is 50.0 Å². The van der Waals surface area contributed by atoms with E-state index in [0.717, 1.165) is 39.1 Å². The summed E-state index contributed by atoms with van der Waals surface area (Å²) in [5.74, 6) is 1.44. The highest BCUT2D eigenvalue weighted by atomic mass is 16.5. The number of rotatable bonds is 6. The van der Waals surface area contributed by atoms with Gasteiger partial charge in [-0.25, -0.2) is 0 Å². The standard InChI is InChI=1S/C23H26N2O3/c26-21(19-9-10-22-23(18-19)28-17-5-16-27-22)8-4-11-24-12-14-25(15-13-24)20-6-2-1-3-7-20/h1-3,5-7,9-10,17-18H,4,8,11-16H2. The Balaban J connectivity index is 1.23. The minimum atomic E-state index is 0.155. The zero-order valence-electron chi connectivity index (χ0n) is 16.0. The molecule has 0 amide bonds. The van der Waals surface area contributed by atoms with Crippen LogP contribution in [-0.2, 0) is 0 Å². The first-order valence-electron chi connectivity index (χ1n) is 9.94. The zero-order chi connectivity index (χ0) is 19.2. The summed E-state index contributed by atoms with van der Waals surface area (Å²) in [6.45, 7) is 5.60. The number of Topliss-reactive ketones (excluding diaryl/α,β-unsaturated/α-hetero) is 1. The number of hydrogen-bond donors (Lipinski definition) is 0. The Bertz CT molecular complexity index is 827. The van der Waals surface area contributed by atoms with E-state index < -0.39 is 0 Å². The summed E-state index contributed by atoms with van der Waals surface area (Å²) in [6, 6.07) is 16.0. The molecule has 2 heterocycles. The van der Waals surface area contributed by atoms with Gasteiger partial charge in [0.15, 0.2) is 17.3 Å². The molecule has 0 atom stereocenters. The number of anilines is 1. The molecule has 4 rings (SSSR count). The van der Waals surface area contributed by atoms with Crippen LogP contribution in [0, 0.1) is 0 Å². The molecule has 0 N–H and O–H groups in total. The molecule has 1 fully saturated rings. The normalized spacial score (nSPS) is 16.6. The van der Waals surface area contributed by atoms with Gasteiger partial charge < -0.3 is 14.4 Å². The fraction of sp³-hybridized carbons (Fsp3) is 0.348. The second kappa shape index (κ2) is 8.93. The number of hydrogen-bond acceptors (Lipinski definition) is 5. The van der Waals surface area contributed by atoms with E-state index in [2.05, 4.69) is 40.1 Å². The fourth-order valence-electron chi connectivity index (χ4n) is 3.67. The number of carbonyl (C=O) groups is 1. The van der Waals surface area contributed by atoms with Gasteiger partial charge in [0, 0.05) is 43.9 Å². The third kappa shape index (κ3) is 4.54. The zero-order valence-corrected chi connectivity index (χ0v) is 16.0. The smallest absolute Gasteiger partial charge is 0.169 e. The van der Waals surface area contributed by atoms with Crippen LogP contribution < -0.4 is 14.4 Å². The van der Waals surface area contributed by atoms with Gasteiger partial charge in [-0.1, -0.05) is 18.2 Å². The van der Waals surface area contributed by atoms with Crippen molar-refractivity contribution in [2.75, 3.05) is 44.2 Å². The van der Waals surface area contributed by atoms with Gasteiger partial charge >= 0.3 is 0 Å². The molecular formula is C23H26N2O3. The molecule has 2 aromatic rings. The van der Waals surface area contributed by atoms with E-state index in [1.165, 1.54) is 5.69 Å². The molecule has 2 aliphatic heterocycles. The minimum absolute atomic E-state index is 0.155. The molecule has 0 aromatic heterocycles. The molecule has 5 nitrogen and oxygen atoms in total. The SMILES string of the molecule is O=C(CCCN1CCN(c2ccccc2)CC1)c1ccc2c(c1)OC=CCO2. The van der Waals surface area contributed by atoms with Gasteiger partial charge in [0.25, 0.3) is 0 Å². The first-order chi connectivity index (χ1) is 13.8. The maximum atomic E-state index is 12.6. The van der Waals surface area contributed by atoms with E-state index in [4.69, 9.17) is 9.47 Å². The van der Waals surface area contributed by atoms with Crippen LogP contribution in [0.5, 0.6) is 11.5 Å². The predicted octanol–water partition coefficient (Wildman–Crippen LogP) is 3.76. The summed E-state index contributed by atoms with van der Waals surface area (Å²) in [7, 11) is 0. The topological polar surface area (TPSA) is 42.0 Å². The quantitative estimate of drug-likeness (QED) is 0.716. The van der Waals surface area contributed by atoms with Crippen molar-refractivity contribution in [1.29, 1.82) is 0 Å². The Morgan fingerprint density at radius 2 is 1.79 bits per heavy atom. The number of piperazine rings is 1. The summed E-state index contributed by atoms with van der Waals surface area (Å²) in [6.07, 6.45) is 4.83. The molecule has 1 saturated heterocycles. The van der Waals surface area contributed by atoms with E-state index in [1.807, 2.05) is 12.1 Å². The number of ether oxygens (including phenoxy) is 2. The van der Waals surface area contributed by atoms with E-state index >= 15 is 0 Å². The van der Waals surface area contributed by atoms with Crippen LogP contribution in [0.25, 0.3) is 0 Å². The van der Waals surface area contributed by atoms with Gasteiger partial charge in [-0.05, 0) is 49.4 Å². The summed E-state index contributed by atoms with van der Waals surface area (Å²) < 4.78 is 11.1. The lowest BCUT2D eigenvalue weighted by Gasteiger charge is -2.36. The molecule has 0 radical (unpaired) electrons. The molecule has 2 aromatic carbocycles. The van der Waals surface area contributed by atoms with Crippen LogP contribution in [0.2, 0.25) is 0 Å². The van der Waals surface area contributed by atoms with Crippen LogP contribution in [0.4, 0.5) is 5.69 Å². The maximum Gasteiger partial charge on any atom is 0.169 e. The number of fused-ring (bicyclic) bond motifs is 1. The van der Waals surface area contributed by atoms with Crippen LogP contribution in [0.3, 0.4) is 0 Å². The third-order valence-electron chi connectivity index (χ3n) is 5.26. The number of ketones is 1. The Kier molecular flexibility index (Phi) is 5.92. The first kappa shape index (κ1) is 18.6. The number of para-hydroxylation sites is 1. The van der Waals surface area contributed by atoms with Crippen molar-refractivity contribution in [3.63, 3.8) is 0 Å². The second-order valence-corrected chi connectivity index (χ2v) is 7.15. The Hall–Kier alpha value is -2.79. The molecule has 0 spiro atoms. The third-order valence-corrected chi connectivity index (χ3v) is 5.26. The Labute approximate surface area is 166 Å². The van der Waals surface area contributed by atoms with Gasteiger partial charge in [0.05, 0.1) is 6.26 Å². The summed E-state index contributed by atoms with van der Waals surface area (Å²) >= 11 is 0. The Morgan fingerprint density at radius 3 is 2.61 bits per heavy atom. The number of benzene rings is 2. The highest BCUT2D eigenvalue weighted by Gasteiger charge is 2.18. The van der Waals surface area contributed by atoms with E-state index in [0.29, 0.717) is 30.1 Å². The summed E-state index contributed by atoms with van der Waals surface area (Å²) in [5, 5.41) is 0.